The highest BCUT2D eigenvalue weighted by Gasteiger charge is 2.28. The second-order valence-electron chi connectivity index (χ2n) is 4.43. The van der Waals surface area contributed by atoms with Crippen LogP contribution >= 0.6 is 0 Å². The van der Waals surface area contributed by atoms with Crippen molar-refractivity contribution < 1.29 is 18.0 Å². The second kappa shape index (κ2) is 5.02. The maximum Gasteiger partial charge on any atom is 0.258 e. The zero-order valence-electron chi connectivity index (χ0n) is 10.5. The predicted molar refractivity (Wildman–Crippen MR) is 63.1 cm³/mol. The molecule has 0 aliphatic heterocycles. The zero-order valence-corrected chi connectivity index (χ0v) is 10.5. The van der Waals surface area contributed by atoms with Gasteiger partial charge in [0.1, 0.15) is 17.2 Å². The van der Waals surface area contributed by atoms with E-state index >= 15 is 0 Å². The molecule has 0 fully saturated rings. The molecule has 1 atom stereocenters. The molecule has 2 rings (SSSR count). The summed E-state index contributed by atoms with van der Waals surface area (Å²) in [5.74, 6) is -1.24. The normalized spacial score (nSPS) is 14.4. The lowest BCUT2D eigenvalue weighted by molar-refractivity contribution is 0.135. The number of aromatic nitrogens is 2. The molecule has 102 valence electrons. The molecular formula is C12H13F2N3O2. The van der Waals surface area contributed by atoms with Crippen LogP contribution in [0, 0.1) is 11.6 Å². The van der Waals surface area contributed by atoms with Gasteiger partial charge >= 0.3 is 0 Å². The number of ether oxygens (including phenoxy) is 1. The molecule has 0 aliphatic carbocycles. The monoisotopic (exact) mass is 269 g/mol. The maximum atomic E-state index is 13.1. The highest BCUT2D eigenvalue weighted by Crippen LogP contribution is 2.23. The Hall–Kier alpha value is -1.86. The Bertz CT molecular complexity index is 564. The Kier molecular flexibility index (Phi) is 3.59. The molecule has 1 aromatic heterocycles. The third-order valence-electron chi connectivity index (χ3n) is 2.49. The van der Waals surface area contributed by atoms with Crippen molar-refractivity contribution in [2.45, 2.75) is 12.5 Å². The van der Waals surface area contributed by atoms with Gasteiger partial charge in [0.25, 0.3) is 5.89 Å². The van der Waals surface area contributed by atoms with Gasteiger partial charge in [-0.3, -0.25) is 0 Å². The van der Waals surface area contributed by atoms with E-state index in [1.807, 2.05) is 0 Å². The van der Waals surface area contributed by atoms with E-state index in [2.05, 4.69) is 10.1 Å². The Morgan fingerprint density at radius 3 is 2.53 bits per heavy atom. The number of halogens is 2. The highest BCUT2D eigenvalue weighted by molar-refractivity contribution is 5.52. The van der Waals surface area contributed by atoms with Crippen LogP contribution in [-0.4, -0.2) is 23.9 Å². The third kappa shape index (κ3) is 2.94. The summed E-state index contributed by atoms with van der Waals surface area (Å²) in [7, 11) is 1.49. The smallest absolute Gasteiger partial charge is 0.258 e. The van der Waals surface area contributed by atoms with Crippen molar-refractivity contribution in [2.75, 3.05) is 13.7 Å². The summed E-state index contributed by atoms with van der Waals surface area (Å²) in [5, 5.41) is 3.71. The summed E-state index contributed by atoms with van der Waals surface area (Å²) in [6, 6.07) is 2.97. The molecule has 0 bridgehead atoms. The molecule has 0 radical (unpaired) electrons. The first-order valence-electron chi connectivity index (χ1n) is 5.51. The van der Waals surface area contributed by atoms with Crippen LogP contribution in [0.4, 0.5) is 8.78 Å². The summed E-state index contributed by atoms with van der Waals surface area (Å²) in [5.41, 5.74) is 5.16. The van der Waals surface area contributed by atoms with Crippen molar-refractivity contribution in [1.82, 2.24) is 10.1 Å². The molecule has 2 N–H and O–H groups in total. The number of methoxy groups -OCH3 is 1. The molecule has 5 nitrogen and oxygen atoms in total. The Balaban J connectivity index is 2.35. The number of nitrogens with two attached hydrogens (primary N) is 1. The number of benzene rings is 1. The van der Waals surface area contributed by atoms with Gasteiger partial charge in [-0.1, -0.05) is 5.16 Å². The SMILES string of the molecule is COCC(C)(N)c1noc(-c2cc(F)cc(F)c2)n1. The van der Waals surface area contributed by atoms with Crippen molar-refractivity contribution in [2.24, 2.45) is 5.73 Å². The number of hydrogen-bond donors (Lipinski definition) is 1. The second-order valence-corrected chi connectivity index (χ2v) is 4.43. The lowest BCUT2D eigenvalue weighted by Gasteiger charge is -2.18. The molecule has 1 unspecified atom stereocenters. The van der Waals surface area contributed by atoms with Crippen LogP contribution in [0.2, 0.25) is 0 Å². The van der Waals surface area contributed by atoms with E-state index < -0.39 is 17.2 Å². The first kappa shape index (κ1) is 13.6. The zero-order chi connectivity index (χ0) is 14.0. The number of hydrogen-bond acceptors (Lipinski definition) is 5. The van der Waals surface area contributed by atoms with Gasteiger partial charge in [-0.25, -0.2) is 8.78 Å². The summed E-state index contributed by atoms with van der Waals surface area (Å²) in [6.07, 6.45) is 0. The van der Waals surface area contributed by atoms with Crippen molar-refractivity contribution in [3.05, 3.63) is 35.7 Å². The highest BCUT2D eigenvalue weighted by atomic mass is 19.1. The van der Waals surface area contributed by atoms with E-state index in [0.717, 1.165) is 18.2 Å². The quantitative estimate of drug-likeness (QED) is 0.916. The molecule has 0 spiro atoms. The van der Waals surface area contributed by atoms with Gasteiger partial charge in [0, 0.05) is 18.7 Å². The van der Waals surface area contributed by atoms with Crippen LogP contribution in [0.5, 0.6) is 0 Å². The van der Waals surface area contributed by atoms with Gasteiger partial charge in [-0.2, -0.15) is 4.98 Å². The molecule has 0 amide bonds. The number of nitrogens with zero attached hydrogens (tertiary/aromatic N) is 2. The number of rotatable bonds is 4. The van der Waals surface area contributed by atoms with E-state index in [1.165, 1.54) is 7.11 Å². The summed E-state index contributed by atoms with van der Waals surface area (Å²) in [4.78, 5) is 4.04. The molecular weight excluding hydrogens is 256 g/mol. The van der Waals surface area contributed by atoms with Gasteiger partial charge in [-0.05, 0) is 19.1 Å². The van der Waals surface area contributed by atoms with Crippen molar-refractivity contribution in [3.63, 3.8) is 0 Å². The fraction of sp³-hybridized carbons (Fsp3) is 0.333. The van der Waals surface area contributed by atoms with Crippen LogP contribution in [-0.2, 0) is 10.3 Å². The summed E-state index contributed by atoms with van der Waals surface area (Å²) < 4.78 is 36.1. The maximum absolute atomic E-state index is 13.1. The van der Waals surface area contributed by atoms with Crippen LogP contribution in [0.15, 0.2) is 22.7 Å². The standard InChI is InChI=1S/C12H13F2N3O2/c1-12(15,6-18-2)11-16-10(19-17-11)7-3-8(13)5-9(14)4-7/h3-5H,6,15H2,1-2H3. The lowest BCUT2D eigenvalue weighted by atomic mass is 10.1. The topological polar surface area (TPSA) is 74.2 Å². The average Bonchev–Trinajstić information content (AvgIpc) is 2.77. The molecule has 2 aromatic rings. The van der Waals surface area contributed by atoms with Crippen LogP contribution in [0.25, 0.3) is 11.5 Å². The third-order valence-corrected chi connectivity index (χ3v) is 2.49. The minimum absolute atomic E-state index is 0.00109. The fourth-order valence-electron chi connectivity index (χ4n) is 1.61. The first-order chi connectivity index (χ1) is 8.92. The van der Waals surface area contributed by atoms with Crippen LogP contribution in [0.1, 0.15) is 12.7 Å². The van der Waals surface area contributed by atoms with Crippen LogP contribution in [0.3, 0.4) is 0 Å². The van der Waals surface area contributed by atoms with Gasteiger partial charge in [0.05, 0.1) is 6.61 Å². The summed E-state index contributed by atoms with van der Waals surface area (Å²) in [6.45, 7) is 1.85. The van der Waals surface area contributed by atoms with Gasteiger partial charge in [-0.15, -0.1) is 0 Å². The molecule has 7 heteroatoms. The Morgan fingerprint density at radius 2 is 1.95 bits per heavy atom. The van der Waals surface area contributed by atoms with E-state index in [-0.39, 0.29) is 23.9 Å². The molecule has 19 heavy (non-hydrogen) atoms. The lowest BCUT2D eigenvalue weighted by Crippen LogP contribution is -2.38. The molecule has 1 aromatic carbocycles. The first-order valence-corrected chi connectivity index (χ1v) is 5.51. The van der Waals surface area contributed by atoms with Gasteiger partial charge in [0.2, 0.25) is 0 Å². The van der Waals surface area contributed by atoms with E-state index in [4.69, 9.17) is 15.0 Å². The molecule has 0 aliphatic rings. The van der Waals surface area contributed by atoms with Crippen molar-refractivity contribution in [1.29, 1.82) is 0 Å². The fourth-order valence-corrected chi connectivity index (χ4v) is 1.61. The summed E-state index contributed by atoms with van der Waals surface area (Å²) >= 11 is 0. The molecule has 1 heterocycles. The molecule has 0 saturated heterocycles. The van der Waals surface area contributed by atoms with E-state index in [0.29, 0.717) is 0 Å². The Morgan fingerprint density at radius 1 is 1.32 bits per heavy atom. The minimum atomic E-state index is -0.942. The van der Waals surface area contributed by atoms with Crippen molar-refractivity contribution >= 4 is 0 Å². The van der Waals surface area contributed by atoms with Crippen molar-refractivity contribution in [3.8, 4) is 11.5 Å². The van der Waals surface area contributed by atoms with Gasteiger partial charge in [0.15, 0.2) is 5.82 Å². The van der Waals surface area contributed by atoms with E-state index in [1.54, 1.807) is 6.92 Å². The largest absolute Gasteiger partial charge is 0.382 e. The van der Waals surface area contributed by atoms with Crippen LogP contribution < -0.4 is 5.73 Å². The minimum Gasteiger partial charge on any atom is -0.382 e. The Labute approximate surface area is 108 Å². The molecule has 0 saturated carbocycles. The van der Waals surface area contributed by atoms with Gasteiger partial charge < -0.3 is 15.0 Å². The predicted octanol–water partition coefficient (Wildman–Crippen LogP) is 1.84. The average molecular weight is 269 g/mol. The van der Waals surface area contributed by atoms with E-state index in [9.17, 15) is 8.78 Å².